The topological polar surface area (TPSA) is 187 Å². The minimum Gasteiger partial charge on any atom is -0.464 e. The van der Waals surface area contributed by atoms with E-state index < -0.39 is 56.3 Å². The molecule has 2 rings (SSSR count). The van der Waals surface area contributed by atoms with Crippen LogP contribution in [0.25, 0.3) is 0 Å². The van der Waals surface area contributed by atoms with Crippen molar-refractivity contribution in [3.63, 3.8) is 0 Å². The van der Waals surface area contributed by atoms with Gasteiger partial charge in [0.05, 0.1) is 32.4 Å². The van der Waals surface area contributed by atoms with Gasteiger partial charge in [-0.1, -0.05) is 13.8 Å². The molecule has 1 saturated heterocycles. The number of ether oxygens (including phenoxy) is 2. The third kappa shape index (κ3) is 7.38. The third-order valence-electron chi connectivity index (χ3n) is 4.57. The third-order valence-corrected chi connectivity index (χ3v) is 6.12. The molecule has 1 aromatic heterocycles. The maximum absolute atomic E-state index is 12.8. The lowest BCUT2D eigenvalue weighted by molar-refractivity contribution is -0.148. The van der Waals surface area contributed by atoms with Gasteiger partial charge in [-0.05, 0) is 18.9 Å². The Bertz CT molecular complexity index is 896. The molecule has 1 amide bonds. The molecule has 1 aliphatic heterocycles. The van der Waals surface area contributed by atoms with Gasteiger partial charge in [-0.2, -0.15) is 4.98 Å². The van der Waals surface area contributed by atoms with Crippen LogP contribution in [0.15, 0.2) is 17.1 Å². The van der Waals surface area contributed by atoms with Crippen LogP contribution in [0.1, 0.15) is 20.8 Å². The molecule has 13 nitrogen and oxygen atoms in total. The molecule has 1 aromatic rings. The predicted molar refractivity (Wildman–Crippen MR) is 114 cm³/mol. The standard InChI is InChI=1S/C18H30N5O8P/c1-4-28-17(25)13(21-16(24)15(20)11(2)3)9-31-32(27)10-29-12(8-30-32)7-23-6-5-14(19)22-18(23)26/h5-6,11-13,15H,4,7-10,20H2,1-3H3,(H,21,24)(H2,19,22,26)/t12-,13?,15?,32?/m1/s1. The first-order chi connectivity index (χ1) is 15.0. The van der Waals surface area contributed by atoms with E-state index in [-0.39, 0.29) is 31.5 Å². The number of aromatic nitrogens is 2. The molecule has 0 bridgehead atoms. The molecule has 4 atom stereocenters. The minimum atomic E-state index is -3.71. The second-order valence-corrected chi connectivity index (χ2v) is 9.49. The highest BCUT2D eigenvalue weighted by Crippen LogP contribution is 2.51. The smallest absolute Gasteiger partial charge is 0.356 e. The van der Waals surface area contributed by atoms with Crippen molar-refractivity contribution in [1.29, 1.82) is 0 Å². The Morgan fingerprint density at radius 3 is 2.72 bits per heavy atom. The zero-order valence-corrected chi connectivity index (χ0v) is 19.2. The molecule has 180 valence electrons. The monoisotopic (exact) mass is 475 g/mol. The first-order valence-corrected chi connectivity index (χ1v) is 11.8. The van der Waals surface area contributed by atoms with Crippen LogP contribution in [0.2, 0.25) is 0 Å². The Morgan fingerprint density at radius 1 is 1.44 bits per heavy atom. The maximum Gasteiger partial charge on any atom is 0.356 e. The van der Waals surface area contributed by atoms with Crippen LogP contribution in [-0.4, -0.2) is 65.8 Å². The Kier molecular flexibility index (Phi) is 9.34. The fourth-order valence-corrected chi connectivity index (χ4v) is 4.02. The highest BCUT2D eigenvalue weighted by molar-refractivity contribution is 7.53. The van der Waals surface area contributed by atoms with Crippen molar-refractivity contribution in [2.45, 2.75) is 45.5 Å². The number of nitrogens with one attached hydrogen (secondary N) is 1. The van der Waals surface area contributed by atoms with E-state index in [4.69, 9.17) is 30.0 Å². The van der Waals surface area contributed by atoms with Crippen molar-refractivity contribution < 1.29 is 32.7 Å². The second kappa shape index (κ2) is 11.5. The number of hydrogen-bond acceptors (Lipinski definition) is 11. The average molecular weight is 475 g/mol. The molecule has 0 saturated carbocycles. The Balaban J connectivity index is 1.93. The van der Waals surface area contributed by atoms with E-state index >= 15 is 0 Å². The fourth-order valence-electron chi connectivity index (χ4n) is 2.63. The van der Waals surface area contributed by atoms with Crippen molar-refractivity contribution in [3.8, 4) is 0 Å². The molecular formula is C18H30N5O8P. The number of amides is 1. The van der Waals surface area contributed by atoms with Crippen LogP contribution in [0, 0.1) is 5.92 Å². The summed E-state index contributed by atoms with van der Waals surface area (Å²) in [6, 6.07) is -0.600. The number of nitrogens with zero attached hydrogens (tertiary/aromatic N) is 2. The largest absolute Gasteiger partial charge is 0.464 e. The van der Waals surface area contributed by atoms with Crippen molar-refractivity contribution in [2.24, 2.45) is 11.7 Å². The summed E-state index contributed by atoms with van der Waals surface area (Å²) in [5.74, 6) is -1.38. The van der Waals surface area contributed by atoms with Gasteiger partial charge < -0.3 is 35.3 Å². The molecule has 5 N–H and O–H groups in total. The lowest BCUT2D eigenvalue weighted by Crippen LogP contribution is -2.52. The quantitative estimate of drug-likeness (QED) is 0.291. The SMILES string of the molecule is CCOC(=O)C(COP1(=O)CO[C@H](Cn2ccc(N)nc2=O)CO1)NC(=O)C(N)C(C)C. The number of rotatable bonds is 10. The van der Waals surface area contributed by atoms with Gasteiger partial charge in [-0.3, -0.25) is 13.9 Å². The lowest BCUT2D eigenvalue weighted by Gasteiger charge is -2.30. The molecule has 14 heteroatoms. The summed E-state index contributed by atoms with van der Waals surface area (Å²) in [4.78, 5) is 39.9. The van der Waals surface area contributed by atoms with Gasteiger partial charge in [0.1, 0.15) is 18.3 Å². The van der Waals surface area contributed by atoms with E-state index in [0.717, 1.165) is 0 Å². The number of carbonyl (C=O) groups is 2. The first-order valence-electron chi connectivity index (χ1n) is 10.1. The maximum atomic E-state index is 12.8. The van der Waals surface area contributed by atoms with Crippen LogP contribution in [0.4, 0.5) is 5.82 Å². The summed E-state index contributed by atoms with van der Waals surface area (Å²) < 4.78 is 35.2. The number of anilines is 1. The van der Waals surface area contributed by atoms with Crippen LogP contribution in [-0.2, 0) is 39.2 Å². The van der Waals surface area contributed by atoms with E-state index in [0.29, 0.717) is 0 Å². The molecule has 1 aliphatic rings. The second-order valence-electron chi connectivity index (χ2n) is 7.49. The Labute approximate surface area is 185 Å². The van der Waals surface area contributed by atoms with Crippen LogP contribution < -0.4 is 22.5 Å². The molecule has 2 heterocycles. The number of carbonyl (C=O) groups excluding carboxylic acids is 2. The average Bonchev–Trinajstić information content (AvgIpc) is 2.74. The van der Waals surface area contributed by atoms with Gasteiger partial charge in [0.2, 0.25) is 5.91 Å². The van der Waals surface area contributed by atoms with Gasteiger partial charge in [0.15, 0.2) is 6.04 Å². The minimum absolute atomic E-state index is 0.0831. The highest BCUT2D eigenvalue weighted by atomic mass is 31.2. The molecule has 0 spiro atoms. The summed E-state index contributed by atoms with van der Waals surface area (Å²) in [6.07, 6.45) is 0.491. The van der Waals surface area contributed by atoms with Crippen molar-refractivity contribution in [3.05, 3.63) is 22.7 Å². The first kappa shape index (κ1) is 25.9. The molecule has 0 aromatic carbocycles. The number of nitrogen functional groups attached to an aromatic ring is 1. The Morgan fingerprint density at radius 2 is 2.16 bits per heavy atom. The molecule has 0 aliphatic carbocycles. The van der Waals surface area contributed by atoms with E-state index in [1.165, 1.54) is 16.8 Å². The summed E-state index contributed by atoms with van der Waals surface area (Å²) >= 11 is 0. The summed E-state index contributed by atoms with van der Waals surface area (Å²) in [5.41, 5.74) is 10.7. The summed E-state index contributed by atoms with van der Waals surface area (Å²) in [5, 5.41) is 2.46. The molecule has 0 radical (unpaired) electrons. The molecule has 32 heavy (non-hydrogen) atoms. The van der Waals surface area contributed by atoms with E-state index in [2.05, 4.69) is 10.3 Å². The van der Waals surface area contributed by atoms with Crippen LogP contribution in [0.3, 0.4) is 0 Å². The van der Waals surface area contributed by atoms with Crippen LogP contribution >= 0.6 is 7.60 Å². The molecule has 3 unspecified atom stereocenters. The van der Waals surface area contributed by atoms with Crippen molar-refractivity contribution >= 4 is 25.3 Å². The van der Waals surface area contributed by atoms with Gasteiger partial charge in [-0.25, -0.2) is 9.59 Å². The molecular weight excluding hydrogens is 445 g/mol. The lowest BCUT2D eigenvalue weighted by atomic mass is 10.0. The van der Waals surface area contributed by atoms with Crippen LogP contribution in [0.5, 0.6) is 0 Å². The number of hydrogen-bond donors (Lipinski definition) is 3. The number of nitrogens with two attached hydrogens (primary N) is 2. The van der Waals surface area contributed by atoms with Crippen molar-refractivity contribution in [1.82, 2.24) is 14.9 Å². The van der Waals surface area contributed by atoms with E-state index in [1.807, 2.05) is 0 Å². The summed E-state index contributed by atoms with van der Waals surface area (Å²) in [6.45, 7) is 4.75. The van der Waals surface area contributed by atoms with Gasteiger partial charge >= 0.3 is 19.3 Å². The van der Waals surface area contributed by atoms with Crippen molar-refractivity contribution in [2.75, 3.05) is 31.9 Å². The summed E-state index contributed by atoms with van der Waals surface area (Å²) in [7, 11) is -3.71. The fraction of sp³-hybridized carbons (Fsp3) is 0.667. The zero-order chi connectivity index (χ0) is 23.9. The highest BCUT2D eigenvalue weighted by Gasteiger charge is 2.36. The van der Waals surface area contributed by atoms with E-state index in [1.54, 1.807) is 20.8 Å². The predicted octanol–water partition coefficient (Wildman–Crippen LogP) is -0.561. The number of esters is 1. The normalized spacial score (nSPS) is 22.8. The Hall–Kier alpha value is -2.31. The van der Waals surface area contributed by atoms with Gasteiger partial charge in [0.25, 0.3) is 0 Å². The van der Waals surface area contributed by atoms with E-state index in [9.17, 15) is 18.9 Å². The zero-order valence-electron chi connectivity index (χ0n) is 18.3. The van der Waals surface area contributed by atoms with Gasteiger partial charge in [0, 0.05) is 6.20 Å². The molecule has 1 fully saturated rings. The van der Waals surface area contributed by atoms with Gasteiger partial charge in [-0.15, -0.1) is 0 Å².